The van der Waals surface area contributed by atoms with Crippen LogP contribution < -0.4 is 10.1 Å². The molecule has 0 aliphatic carbocycles. The Labute approximate surface area is 130 Å². The van der Waals surface area contributed by atoms with Crippen LogP contribution in [0.3, 0.4) is 0 Å². The fourth-order valence-corrected chi connectivity index (χ4v) is 2.75. The second-order valence-electron chi connectivity index (χ2n) is 5.00. The summed E-state index contributed by atoms with van der Waals surface area (Å²) in [4.78, 5) is 1.37. The lowest BCUT2D eigenvalue weighted by atomic mass is 10.2. The Bertz CT molecular complexity index is 513. The number of benzene rings is 1. The van der Waals surface area contributed by atoms with E-state index >= 15 is 0 Å². The molecule has 1 aromatic carbocycles. The molecule has 1 heterocycles. The molecule has 21 heavy (non-hydrogen) atoms. The van der Waals surface area contributed by atoms with E-state index in [0.29, 0.717) is 13.2 Å². The second-order valence-corrected chi connectivity index (χ2v) is 6.03. The number of rotatable bonds is 9. The number of hydrogen-bond acceptors (Lipinski definition) is 4. The Kier molecular flexibility index (Phi) is 6.73. The summed E-state index contributed by atoms with van der Waals surface area (Å²) in [5.41, 5.74) is 1.25. The number of aryl methyl sites for hydroxylation is 1. The summed E-state index contributed by atoms with van der Waals surface area (Å²) < 4.78 is 5.63. The molecule has 0 fully saturated rings. The Balaban J connectivity index is 1.61. The summed E-state index contributed by atoms with van der Waals surface area (Å²) in [6.07, 6.45) is 1.51. The number of aliphatic hydroxyl groups is 1. The predicted octanol–water partition coefficient (Wildman–Crippen LogP) is 2.88. The second kappa shape index (κ2) is 8.82. The van der Waals surface area contributed by atoms with Crippen LogP contribution in [0.4, 0.5) is 0 Å². The van der Waals surface area contributed by atoms with Gasteiger partial charge in [0.25, 0.3) is 0 Å². The summed E-state index contributed by atoms with van der Waals surface area (Å²) >= 11 is 1.77. The van der Waals surface area contributed by atoms with Crippen LogP contribution in [-0.2, 0) is 12.8 Å². The average Bonchev–Trinajstić information content (AvgIpc) is 3.03. The summed E-state index contributed by atoms with van der Waals surface area (Å²) in [5.74, 6) is 0.826. The van der Waals surface area contributed by atoms with Gasteiger partial charge in [-0.05, 0) is 42.0 Å². The third-order valence-corrected chi connectivity index (χ3v) is 4.19. The molecule has 0 radical (unpaired) electrons. The minimum atomic E-state index is -0.487. The van der Waals surface area contributed by atoms with Gasteiger partial charge in [0.1, 0.15) is 18.5 Å². The Hall–Kier alpha value is -1.36. The number of hydrogen-bond donors (Lipinski definition) is 2. The molecular formula is C17H23NO2S. The number of aliphatic hydroxyl groups excluding tert-OH is 1. The van der Waals surface area contributed by atoms with Crippen molar-refractivity contribution in [3.8, 4) is 5.75 Å². The maximum atomic E-state index is 9.91. The minimum absolute atomic E-state index is 0.319. The molecule has 0 bridgehead atoms. The van der Waals surface area contributed by atoms with E-state index in [9.17, 15) is 5.11 Å². The van der Waals surface area contributed by atoms with Crippen molar-refractivity contribution in [3.05, 3.63) is 52.2 Å². The largest absolute Gasteiger partial charge is 0.491 e. The van der Waals surface area contributed by atoms with E-state index in [1.165, 1.54) is 10.4 Å². The van der Waals surface area contributed by atoms with Gasteiger partial charge in [-0.25, -0.2) is 0 Å². The third-order valence-electron chi connectivity index (χ3n) is 3.26. The van der Waals surface area contributed by atoms with Gasteiger partial charge < -0.3 is 15.2 Å². The first-order chi connectivity index (χ1) is 10.3. The molecule has 4 heteroatoms. The maximum absolute atomic E-state index is 9.91. The molecule has 2 N–H and O–H groups in total. The van der Waals surface area contributed by atoms with Crippen LogP contribution in [0.15, 0.2) is 41.8 Å². The van der Waals surface area contributed by atoms with Gasteiger partial charge in [0.05, 0.1) is 0 Å². The van der Waals surface area contributed by atoms with E-state index < -0.39 is 6.10 Å². The van der Waals surface area contributed by atoms with Gasteiger partial charge in [-0.1, -0.05) is 25.1 Å². The SMILES string of the molecule is CCc1cccc(OCC(O)CNCCc2cccs2)c1. The Morgan fingerprint density at radius 2 is 2.19 bits per heavy atom. The van der Waals surface area contributed by atoms with Crippen molar-refractivity contribution in [2.45, 2.75) is 25.9 Å². The van der Waals surface area contributed by atoms with Crippen LogP contribution in [-0.4, -0.2) is 30.9 Å². The van der Waals surface area contributed by atoms with Crippen molar-refractivity contribution in [1.82, 2.24) is 5.32 Å². The molecule has 0 aliphatic heterocycles. The highest BCUT2D eigenvalue weighted by molar-refractivity contribution is 7.09. The van der Waals surface area contributed by atoms with Crippen molar-refractivity contribution in [2.75, 3.05) is 19.7 Å². The van der Waals surface area contributed by atoms with Crippen LogP contribution in [0.25, 0.3) is 0 Å². The molecule has 2 aromatic rings. The van der Waals surface area contributed by atoms with Gasteiger partial charge in [0.2, 0.25) is 0 Å². The predicted molar refractivity (Wildman–Crippen MR) is 88.2 cm³/mol. The van der Waals surface area contributed by atoms with Crippen LogP contribution in [0, 0.1) is 0 Å². The van der Waals surface area contributed by atoms with E-state index in [1.54, 1.807) is 11.3 Å². The highest BCUT2D eigenvalue weighted by atomic mass is 32.1. The zero-order chi connectivity index (χ0) is 14.9. The molecule has 1 atom stereocenters. The highest BCUT2D eigenvalue weighted by Gasteiger charge is 2.05. The van der Waals surface area contributed by atoms with Crippen molar-refractivity contribution < 1.29 is 9.84 Å². The fourth-order valence-electron chi connectivity index (χ4n) is 2.04. The Morgan fingerprint density at radius 3 is 2.95 bits per heavy atom. The van der Waals surface area contributed by atoms with E-state index in [-0.39, 0.29) is 0 Å². The van der Waals surface area contributed by atoms with Crippen molar-refractivity contribution in [2.24, 2.45) is 0 Å². The fraction of sp³-hybridized carbons (Fsp3) is 0.412. The van der Waals surface area contributed by atoms with Crippen LogP contribution >= 0.6 is 11.3 Å². The van der Waals surface area contributed by atoms with E-state index in [4.69, 9.17) is 4.74 Å². The molecule has 114 valence electrons. The zero-order valence-corrected chi connectivity index (χ0v) is 13.2. The lowest BCUT2D eigenvalue weighted by Crippen LogP contribution is -2.32. The number of ether oxygens (including phenoxy) is 1. The number of nitrogens with one attached hydrogen (secondary N) is 1. The first kappa shape index (κ1) is 16.0. The van der Waals surface area contributed by atoms with Crippen LogP contribution in [0.1, 0.15) is 17.4 Å². The summed E-state index contributed by atoms with van der Waals surface area (Å²) in [7, 11) is 0. The van der Waals surface area contributed by atoms with Crippen LogP contribution in [0.5, 0.6) is 5.75 Å². The van der Waals surface area contributed by atoms with Crippen molar-refractivity contribution >= 4 is 11.3 Å². The highest BCUT2D eigenvalue weighted by Crippen LogP contribution is 2.13. The van der Waals surface area contributed by atoms with Crippen molar-refractivity contribution in [3.63, 3.8) is 0 Å². The maximum Gasteiger partial charge on any atom is 0.119 e. The topological polar surface area (TPSA) is 41.5 Å². The molecule has 1 aromatic heterocycles. The number of thiophene rings is 1. The standard InChI is InChI=1S/C17H23NO2S/c1-2-14-5-3-6-16(11-14)20-13-15(19)12-18-9-8-17-7-4-10-21-17/h3-7,10-11,15,18-19H,2,8-9,12-13H2,1H3. The first-order valence-corrected chi connectivity index (χ1v) is 8.29. The zero-order valence-electron chi connectivity index (χ0n) is 12.4. The van der Waals surface area contributed by atoms with E-state index in [0.717, 1.165) is 25.1 Å². The molecule has 0 amide bonds. The van der Waals surface area contributed by atoms with Gasteiger partial charge in [0.15, 0.2) is 0 Å². The van der Waals surface area contributed by atoms with Gasteiger partial charge in [0, 0.05) is 18.0 Å². The van der Waals surface area contributed by atoms with Gasteiger partial charge in [-0.2, -0.15) is 0 Å². The molecular weight excluding hydrogens is 282 g/mol. The third kappa shape index (κ3) is 5.87. The summed E-state index contributed by atoms with van der Waals surface area (Å²) in [6.45, 7) is 3.87. The molecule has 0 saturated carbocycles. The minimum Gasteiger partial charge on any atom is -0.491 e. The van der Waals surface area contributed by atoms with Gasteiger partial charge >= 0.3 is 0 Å². The molecule has 3 nitrogen and oxygen atoms in total. The normalized spacial score (nSPS) is 12.3. The lowest BCUT2D eigenvalue weighted by molar-refractivity contribution is 0.106. The van der Waals surface area contributed by atoms with E-state index in [2.05, 4.69) is 35.8 Å². The van der Waals surface area contributed by atoms with E-state index in [1.807, 2.05) is 18.2 Å². The molecule has 0 aliphatic rings. The lowest BCUT2D eigenvalue weighted by Gasteiger charge is -2.13. The average molecular weight is 305 g/mol. The Morgan fingerprint density at radius 1 is 1.29 bits per heavy atom. The van der Waals surface area contributed by atoms with Crippen LogP contribution in [0.2, 0.25) is 0 Å². The monoisotopic (exact) mass is 305 g/mol. The van der Waals surface area contributed by atoms with Gasteiger partial charge in [-0.3, -0.25) is 0 Å². The summed E-state index contributed by atoms with van der Waals surface area (Å²) in [6, 6.07) is 12.2. The molecule has 2 rings (SSSR count). The quantitative estimate of drug-likeness (QED) is 0.700. The smallest absolute Gasteiger partial charge is 0.119 e. The molecule has 0 saturated heterocycles. The van der Waals surface area contributed by atoms with Crippen molar-refractivity contribution in [1.29, 1.82) is 0 Å². The molecule has 1 unspecified atom stereocenters. The first-order valence-electron chi connectivity index (χ1n) is 7.41. The summed E-state index contributed by atoms with van der Waals surface area (Å²) in [5, 5.41) is 15.3. The van der Waals surface area contributed by atoms with Gasteiger partial charge in [-0.15, -0.1) is 11.3 Å². The molecule has 0 spiro atoms.